The monoisotopic (exact) mass is 231 g/mol. The van der Waals surface area contributed by atoms with Crippen LogP contribution in [0.5, 0.6) is 5.75 Å². The first-order chi connectivity index (χ1) is 8.18. The molecule has 0 aliphatic carbocycles. The first-order valence-electron chi connectivity index (χ1n) is 6.30. The highest BCUT2D eigenvalue weighted by Gasteiger charge is 2.25. The summed E-state index contributed by atoms with van der Waals surface area (Å²) in [6, 6.07) is 8.45. The Morgan fingerprint density at radius 2 is 2.29 bits per heavy atom. The number of hydrogen-bond donors (Lipinski definition) is 1. The van der Waals surface area contributed by atoms with Crippen LogP contribution in [0.15, 0.2) is 36.4 Å². The minimum absolute atomic E-state index is 0.205. The molecule has 0 saturated carbocycles. The van der Waals surface area contributed by atoms with Gasteiger partial charge in [-0.25, -0.2) is 0 Å². The summed E-state index contributed by atoms with van der Waals surface area (Å²) in [7, 11) is 0. The minimum atomic E-state index is 0.205. The lowest BCUT2D eigenvalue weighted by Crippen LogP contribution is -2.32. The van der Waals surface area contributed by atoms with E-state index >= 15 is 0 Å². The second-order valence-corrected chi connectivity index (χ2v) is 4.94. The molecule has 1 aliphatic rings. The Morgan fingerprint density at radius 1 is 1.53 bits per heavy atom. The standard InChI is InChI=1S/C15H21NO/c1-11(2)7-8-14(16)12-9-10-17-15-6-4-3-5-13(12)15/h3-6,12,14H,1,7-10,16H2,2H3. The van der Waals surface area contributed by atoms with E-state index < -0.39 is 0 Å². The predicted octanol–water partition coefficient (Wildman–Crippen LogP) is 3.24. The summed E-state index contributed by atoms with van der Waals surface area (Å²) >= 11 is 0. The fourth-order valence-corrected chi connectivity index (χ4v) is 2.43. The number of nitrogens with two attached hydrogens (primary N) is 1. The number of rotatable bonds is 4. The van der Waals surface area contributed by atoms with E-state index in [1.807, 2.05) is 12.1 Å². The van der Waals surface area contributed by atoms with Crippen LogP contribution in [-0.2, 0) is 0 Å². The van der Waals surface area contributed by atoms with Crippen molar-refractivity contribution in [2.45, 2.75) is 38.1 Å². The van der Waals surface area contributed by atoms with Gasteiger partial charge in [-0.05, 0) is 37.8 Å². The third kappa shape index (κ3) is 2.89. The molecule has 0 amide bonds. The van der Waals surface area contributed by atoms with Crippen molar-refractivity contribution in [3.05, 3.63) is 42.0 Å². The molecule has 2 nitrogen and oxygen atoms in total. The molecule has 0 spiro atoms. The van der Waals surface area contributed by atoms with Gasteiger partial charge in [0.1, 0.15) is 5.75 Å². The molecular formula is C15H21NO. The summed E-state index contributed by atoms with van der Waals surface area (Å²) in [4.78, 5) is 0. The maximum absolute atomic E-state index is 6.31. The normalized spacial score (nSPS) is 20.2. The molecular weight excluding hydrogens is 210 g/mol. The molecule has 1 aliphatic heterocycles. The summed E-state index contributed by atoms with van der Waals surface area (Å²) in [5.74, 6) is 1.44. The zero-order chi connectivity index (χ0) is 12.3. The molecule has 2 heteroatoms. The van der Waals surface area contributed by atoms with Crippen LogP contribution in [0.2, 0.25) is 0 Å². The van der Waals surface area contributed by atoms with Crippen LogP contribution in [0.25, 0.3) is 0 Å². The van der Waals surface area contributed by atoms with Crippen molar-refractivity contribution in [3.63, 3.8) is 0 Å². The largest absolute Gasteiger partial charge is 0.493 e. The van der Waals surface area contributed by atoms with Crippen LogP contribution in [0.1, 0.15) is 37.7 Å². The van der Waals surface area contributed by atoms with E-state index in [2.05, 4.69) is 25.6 Å². The molecule has 0 saturated heterocycles. The van der Waals surface area contributed by atoms with E-state index in [0.717, 1.165) is 31.6 Å². The second-order valence-electron chi connectivity index (χ2n) is 4.94. The van der Waals surface area contributed by atoms with Crippen molar-refractivity contribution < 1.29 is 4.74 Å². The fourth-order valence-electron chi connectivity index (χ4n) is 2.43. The van der Waals surface area contributed by atoms with Crippen LogP contribution in [0.3, 0.4) is 0 Å². The number of ether oxygens (including phenoxy) is 1. The van der Waals surface area contributed by atoms with Crippen molar-refractivity contribution in [1.29, 1.82) is 0 Å². The van der Waals surface area contributed by atoms with Gasteiger partial charge in [0.05, 0.1) is 6.61 Å². The number of hydrogen-bond acceptors (Lipinski definition) is 2. The van der Waals surface area contributed by atoms with Crippen molar-refractivity contribution in [2.24, 2.45) is 5.73 Å². The lowest BCUT2D eigenvalue weighted by Gasteiger charge is -2.30. The SMILES string of the molecule is C=C(C)CCC(N)C1CCOc2ccccc21. The molecule has 2 rings (SSSR count). The zero-order valence-electron chi connectivity index (χ0n) is 10.5. The molecule has 92 valence electrons. The summed E-state index contributed by atoms with van der Waals surface area (Å²) in [6.45, 7) is 6.78. The molecule has 2 unspecified atom stereocenters. The number of benzene rings is 1. The molecule has 1 heterocycles. The summed E-state index contributed by atoms with van der Waals surface area (Å²) in [5.41, 5.74) is 8.80. The maximum Gasteiger partial charge on any atom is 0.122 e. The van der Waals surface area contributed by atoms with E-state index in [1.165, 1.54) is 11.1 Å². The molecule has 1 aromatic rings. The molecule has 1 aromatic carbocycles. The van der Waals surface area contributed by atoms with Gasteiger partial charge in [-0.2, -0.15) is 0 Å². The van der Waals surface area contributed by atoms with Crippen molar-refractivity contribution >= 4 is 0 Å². The highest BCUT2D eigenvalue weighted by molar-refractivity contribution is 5.38. The van der Waals surface area contributed by atoms with Gasteiger partial charge < -0.3 is 10.5 Å². The minimum Gasteiger partial charge on any atom is -0.493 e. The first-order valence-corrected chi connectivity index (χ1v) is 6.30. The lowest BCUT2D eigenvalue weighted by molar-refractivity contribution is 0.252. The van der Waals surface area contributed by atoms with E-state index in [-0.39, 0.29) is 6.04 Å². The van der Waals surface area contributed by atoms with E-state index in [9.17, 15) is 0 Å². The molecule has 17 heavy (non-hydrogen) atoms. The Morgan fingerprint density at radius 3 is 3.06 bits per heavy atom. The average molecular weight is 231 g/mol. The quantitative estimate of drug-likeness (QED) is 0.807. The van der Waals surface area contributed by atoms with Crippen molar-refractivity contribution in [3.8, 4) is 5.75 Å². The van der Waals surface area contributed by atoms with Gasteiger partial charge in [-0.1, -0.05) is 23.8 Å². The van der Waals surface area contributed by atoms with Gasteiger partial charge in [-0.15, -0.1) is 6.58 Å². The third-order valence-electron chi connectivity index (χ3n) is 3.43. The summed E-state index contributed by atoms with van der Waals surface area (Å²) < 4.78 is 5.66. The smallest absolute Gasteiger partial charge is 0.122 e. The molecule has 2 atom stereocenters. The topological polar surface area (TPSA) is 35.2 Å². The highest BCUT2D eigenvalue weighted by Crippen LogP contribution is 2.36. The number of para-hydroxylation sites is 1. The highest BCUT2D eigenvalue weighted by atomic mass is 16.5. The van der Waals surface area contributed by atoms with Gasteiger partial charge in [0, 0.05) is 12.0 Å². The van der Waals surface area contributed by atoms with E-state index in [1.54, 1.807) is 0 Å². The Kier molecular flexibility index (Phi) is 3.85. The molecule has 2 N–H and O–H groups in total. The van der Waals surface area contributed by atoms with Gasteiger partial charge >= 0.3 is 0 Å². The van der Waals surface area contributed by atoms with Crippen LogP contribution in [0, 0.1) is 0 Å². The molecule has 0 radical (unpaired) electrons. The fraction of sp³-hybridized carbons (Fsp3) is 0.467. The lowest BCUT2D eigenvalue weighted by atomic mass is 9.84. The van der Waals surface area contributed by atoms with Crippen LogP contribution in [0.4, 0.5) is 0 Å². The number of allylic oxidation sites excluding steroid dienone is 1. The first kappa shape index (κ1) is 12.2. The van der Waals surface area contributed by atoms with Crippen LogP contribution < -0.4 is 10.5 Å². The van der Waals surface area contributed by atoms with Gasteiger partial charge in [0.25, 0.3) is 0 Å². The van der Waals surface area contributed by atoms with Crippen molar-refractivity contribution in [2.75, 3.05) is 6.61 Å². The van der Waals surface area contributed by atoms with Gasteiger partial charge in [-0.3, -0.25) is 0 Å². The average Bonchev–Trinajstić information content (AvgIpc) is 2.35. The molecule has 0 bridgehead atoms. The molecule has 0 fully saturated rings. The Hall–Kier alpha value is -1.28. The predicted molar refractivity (Wildman–Crippen MR) is 71.3 cm³/mol. The summed E-state index contributed by atoms with van der Waals surface area (Å²) in [5, 5.41) is 0. The Bertz CT molecular complexity index is 400. The number of fused-ring (bicyclic) bond motifs is 1. The van der Waals surface area contributed by atoms with Crippen LogP contribution in [-0.4, -0.2) is 12.6 Å². The zero-order valence-corrected chi connectivity index (χ0v) is 10.5. The third-order valence-corrected chi connectivity index (χ3v) is 3.43. The van der Waals surface area contributed by atoms with Crippen LogP contribution >= 0.6 is 0 Å². The summed E-state index contributed by atoms with van der Waals surface area (Å²) in [6.07, 6.45) is 3.05. The molecule has 0 aromatic heterocycles. The van der Waals surface area contributed by atoms with E-state index in [4.69, 9.17) is 10.5 Å². The Labute approximate surface area is 103 Å². The Balaban J connectivity index is 2.09. The van der Waals surface area contributed by atoms with Crippen molar-refractivity contribution in [1.82, 2.24) is 0 Å². The van der Waals surface area contributed by atoms with Gasteiger partial charge in [0.15, 0.2) is 0 Å². The second kappa shape index (κ2) is 5.37. The maximum atomic E-state index is 6.31. The van der Waals surface area contributed by atoms with E-state index in [0.29, 0.717) is 5.92 Å². The van der Waals surface area contributed by atoms with Gasteiger partial charge in [0.2, 0.25) is 0 Å².